The number of aromatic nitrogens is 1. The number of hydrogen-bond donors (Lipinski definition) is 0. The second-order valence-electron chi connectivity index (χ2n) is 4.21. The van der Waals surface area contributed by atoms with E-state index in [-0.39, 0.29) is 16.3 Å². The molecule has 1 aromatic heterocycles. The fourth-order valence-corrected chi connectivity index (χ4v) is 1.19. The highest BCUT2D eigenvalue weighted by Crippen LogP contribution is 2.19. The van der Waals surface area contributed by atoms with E-state index in [2.05, 4.69) is 4.98 Å². The fraction of sp³-hybridized carbons (Fsp3) is 0.364. The van der Waals surface area contributed by atoms with Gasteiger partial charge in [0.05, 0.1) is 10.6 Å². The molecule has 0 bridgehead atoms. The number of carbonyl (C=O) groups is 2. The van der Waals surface area contributed by atoms with E-state index in [9.17, 15) is 9.59 Å². The van der Waals surface area contributed by atoms with Crippen molar-refractivity contribution in [2.24, 2.45) is 0 Å². The van der Waals surface area contributed by atoms with E-state index in [0.717, 1.165) is 0 Å². The number of ether oxygens (including phenoxy) is 1. The molecule has 0 fully saturated rings. The topological polar surface area (TPSA) is 56.3 Å². The highest BCUT2D eigenvalue weighted by atomic mass is 35.5. The van der Waals surface area contributed by atoms with Gasteiger partial charge in [-0.25, -0.2) is 4.79 Å². The van der Waals surface area contributed by atoms with Crippen LogP contribution in [-0.2, 0) is 4.74 Å². The summed E-state index contributed by atoms with van der Waals surface area (Å²) in [6, 6.07) is 1.31. The highest BCUT2D eigenvalue weighted by Gasteiger charge is 2.20. The summed E-state index contributed by atoms with van der Waals surface area (Å²) >= 11 is 5.80. The average Bonchev–Trinajstić information content (AvgIpc) is 2.15. The molecule has 0 unspecified atom stereocenters. The minimum absolute atomic E-state index is 0.144. The van der Waals surface area contributed by atoms with E-state index in [1.807, 2.05) is 0 Å². The summed E-state index contributed by atoms with van der Waals surface area (Å²) in [6.07, 6.45) is 1.80. The van der Waals surface area contributed by atoms with Gasteiger partial charge >= 0.3 is 5.97 Å². The SMILES string of the molecule is CC(C)(C)OC(=O)c1cc(C=O)ncc1Cl. The molecule has 0 saturated heterocycles. The lowest BCUT2D eigenvalue weighted by Crippen LogP contribution is -2.24. The van der Waals surface area contributed by atoms with Gasteiger partial charge in [-0.05, 0) is 26.8 Å². The standard InChI is InChI=1S/C11H12ClNO3/c1-11(2,3)16-10(15)8-4-7(6-14)13-5-9(8)12/h4-6H,1-3H3. The third-order valence-electron chi connectivity index (χ3n) is 1.62. The van der Waals surface area contributed by atoms with Crippen LogP contribution in [0.15, 0.2) is 12.3 Å². The van der Waals surface area contributed by atoms with Crippen LogP contribution in [0.3, 0.4) is 0 Å². The molecule has 0 aliphatic carbocycles. The minimum atomic E-state index is -0.606. The first-order valence-corrected chi connectivity index (χ1v) is 5.05. The van der Waals surface area contributed by atoms with Gasteiger partial charge in [-0.2, -0.15) is 0 Å². The van der Waals surface area contributed by atoms with Crippen LogP contribution in [0.1, 0.15) is 41.6 Å². The van der Waals surface area contributed by atoms with Crippen molar-refractivity contribution in [2.45, 2.75) is 26.4 Å². The normalized spacial score (nSPS) is 11.0. The Morgan fingerprint density at radius 2 is 2.12 bits per heavy atom. The van der Waals surface area contributed by atoms with E-state index in [1.165, 1.54) is 12.3 Å². The van der Waals surface area contributed by atoms with Gasteiger partial charge in [0.1, 0.15) is 11.3 Å². The third kappa shape index (κ3) is 3.31. The maximum absolute atomic E-state index is 11.7. The zero-order valence-corrected chi connectivity index (χ0v) is 10.0. The lowest BCUT2D eigenvalue weighted by atomic mass is 10.2. The van der Waals surface area contributed by atoms with Crippen LogP contribution in [0, 0.1) is 0 Å². The Hall–Kier alpha value is -1.42. The molecule has 0 saturated carbocycles. The summed E-state index contributed by atoms with van der Waals surface area (Å²) in [7, 11) is 0. The Morgan fingerprint density at radius 1 is 1.50 bits per heavy atom. The van der Waals surface area contributed by atoms with Crippen LogP contribution in [-0.4, -0.2) is 22.8 Å². The maximum atomic E-state index is 11.7. The smallest absolute Gasteiger partial charge is 0.340 e. The second kappa shape index (κ2) is 4.61. The molecule has 0 radical (unpaired) electrons. The van der Waals surface area contributed by atoms with Gasteiger partial charge in [0, 0.05) is 6.20 Å². The molecular formula is C11H12ClNO3. The fourth-order valence-electron chi connectivity index (χ4n) is 1.01. The van der Waals surface area contributed by atoms with Gasteiger partial charge in [-0.15, -0.1) is 0 Å². The molecule has 0 aliphatic heterocycles. The monoisotopic (exact) mass is 241 g/mol. The number of aldehydes is 1. The highest BCUT2D eigenvalue weighted by molar-refractivity contribution is 6.33. The predicted molar refractivity (Wildman–Crippen MR) is 59.8 cm³/mol. The molecule has 0 aromatic carbocycles. The molecule has 16 heavy (non-hydrogen) atoms. The number of pyridine rings is 1. The molecular weight excluding hydrogens is 230 g/mol. The van der Waals surface area contributed by atoms with Crippen molar-refractivity contribution in [3.8, 4) is 0 Å². The molecule has 86 valence electrons. The van der Waals surface area contributed by atoms with Crippen LogP contribution in [0.25, 0.3) is 0 Å². The van der Waals surface area contributed by atoms with Crippen LogP contribution in [0.2, 0.25) is 5.02 Å². The van der Waals surface area contributed by atoms with Gasteiger partial charge in [0.15, 0.2) is 6.29 Å². The first-order chi connectivity index (χ1) is 7.33. The van der Waals surface area contributed by atoms with Crippen molar-refractivity contribution < 1.29 is 14.3 Å². The molecule has 1 aromatic rings. The number of nitrogens with zero attached hydrogens (tertiary/aromatic N) is 1. The van der Waals surface area contributed by atoms with Crippen LogP contribution >= 0.6 is 11.6 Å². The number of hydrogen-bond acceptors (Lipinski definition) is 4. The van der Waals surface area contributed by atoms with E-state index in [1.54, 1.807) is 20.8 Å². The predicted octanol–water partition coefficient (Wildman–Crippen LogP) is 2.50. The van der Waals surface area contributed by atoms with Gasteiger partial charge in [-0.3, -0.25) is 9.78 Å². The summed E-state index contributed by atoms with van der Waals surface area (Å²) in [5, 5.41) is 0.167. The molecule has 0 amide bonds. The van der Waals surface area contributed by atoms with E-state index in [0.29, 0.717) is 6.29 Å². The molecule has 5 heteroatoms. The zero-order valence-electron chi connectivity index (χ0n) is 9.28. The Balaban J connectivity index is 3.03. The zero-order chi connectivity index (χ0) is 12.3. The largest absolute Gasteiger partial charge is 0.456 e. The Kier molecular flexibility index (Phi) is 3.65. The molecule has 0 aliphatic rings. The van der Waals surface area contributed by atoms with Crippen molar-refractivity contribution in [2.75, 3.05) is 0 Å². The lowest BCUT2D eigenvalue weighted by Gasteiger charge is -2.19. The van der Waals surface area contributed by atoms with Crippen LogP contribution in [0.5, 0.6) is 0 Å². The van der Waals surface area contributed by atoms with Crippen molar-refractivity contribution in [1.82, 2.24) is 4.98 Å². The van der Waals surface area contributed by atoms with E-state index in [4.69, 9.17) is 16.3 Å². The number of halogens is 1. The van der Waals surface area contributed by atoms with Crippen molar-refractivity contribution in [3.63, 3.8) is 0 Å². The van der Waals surface area contributed by atoms with Crippen molar-refractivity contribution >= 4 is 23.9 Å². The Bertz CT molecular complexity index is 424. The van der Waals surface area contributed by atoms with E-state index < -0.39 is 11.6 Å². The van der Waals surface area contributed by atoms with Gasteiger partial charge in [0.25, 0.3) is 0 Å². The first-order valence-electron chi connectivity index (χ1n) is 4.67. The summed E-state index contributed by atoms with van der Waals surface area (Å²) in [5.74, 6) is -0.567. The Morgan fingerprint density at radius 3 is 2.62 bits per heavy atom. The van der Waals surface area contributed by atoms with Crippen molar-refractivity contribution in [3.05, 3.63) is 28.5 Å². The second-order valence-corrected chi connectivity index (χ2v) is 4.62. The van der Waals surface area contributed by atoms with Gasteiger partial charge in [0.2, 0.25) is 0 Å². The number of carbonyl (C=O) groups excluding carboxylic acids is 2. The molecule has 1 heterocycles. The summed E-state index contributed by atoms with van der Waals surface area (Å²) in [5.41, 5.74) is -0.315. The van der Waals surface area contributed by atoms with Crippen molar-refractivity contribution in [1.29, 1.82) is 0 Å². The molecule has 0 N–H and O–H groups in total. The van der Waals surface area contributed by atoms with E-state index >= 15 is 0 Å². The lowest BCUT2D eigenvalue weighted by molar-refractivity contribution is 0.00696. The number of esters is 1. The third-order valence-corrected chi connectivity index (χ3v) is 1.92. The average molecular weight is 242 g/mol. The first kappa shape index (κ1) is 12.6. The summed E-state index contributed by atoms with van der Waals surface area (Å²) in [4.78, 5) is 25.9. The maximum Gasteiger partial charge on any atom is 0.340 e. The number of rotatable bonds is 2. The van der Waals surface area contributed by atoms with Gasteiger partial charge < -0.3 is 4.74 Å². The molecule has 0 atom stereocenters. The molecule has 4 nitrogen and oxygen atoms in total. The summed E-state index contributed by atoms with van der Waals surface area (Å²) < 4.78 is 5.14. The molecule has 0 spiro atoms. The van der Waals surface area contributed by atoms with Gasteiger partial charge in [-0.1, -0.05) is 11.6 Å². The Labute approximate surface area is 98.6 Å². The van der Waals surface area contributed by atoms with Crippen LogP contribution in [0.4, 0.5) is 0 Å². The quantitative estimate of drug-likeness (QED) is 0.590. The molecule has 1 rings (SSSR count). The minimum Gasteiger partial charge on any atom is -0.456 e. The van der Waals surface area contributed by atoms with Crippen LogP contribution < -0.4 is 0 Å². The summed E-state index contributed by atoms with van der Waals surface area (Å²) in [6.45, 7) is 5.25.